The van der Waals surface area contributed by atoms with E-state index in [0.29, 0.717) is 22.2 Å². The van der Waals surface area contributed by atoms with E-state index in [9.17, 15) is 9.18 Å². The van der Waals surface area contributed by atoms with Gasteiger partial charge in [0.15, 0.2) is 17.2 Å². The van der Waals surface area contributed by atoms with Gasteiger partial charge in [0.1, 0.15) is 17.5 Å². The number of carbonyl (C=O) groups is 1. The summed E-state index contributed by atoms with van der Waals surface area (Å²) in [5, 5.41) is 9.95. The lowest BCUT2D eigenvalue weighted by atomic mass is 10.3. The number of amides is 1. The molecule has 0 fully saturated rings. The number of halogens is 2. The molecule has 0 atom stereocenters. The Bertz CT molecular complexity index is 1220. The number of imidazole rings is 1. The van der Waals surface area contributed by atoms with Gasteiger partial charge in [0, 0.05) is 17.3 Å². The molecule has 146 valence electrons. The van der Waals surface area contributed by atoms with Crippen LogP contribution in [0, 0.1) is 5.82 Å². The Morgan fingerprint density at radius 1 is 1.14 bits per heavy atom. The predicted octanol–water partition coefficient (Wildman–Crippen LogP) is 2.47. The summed E-state index contributed by atoms with van der Waals surface area (Å²) in [5.74, 6) is -0.612. The second-order valence-corrected chi connectivity index (χ2v) is 6.33. The lowest BCUT2D eigenvalue weighted by Gasteiger charge is -2.10. The van der Waals surface area contributed by atoms with Crippen LogP contribution in [0.15, 0.2) is 42.9 Å². The van der Waals surface area contributed by atoms with Crippen LogP contribution in [0.4, 0.5) is 33.2 Å². The Morgan fingerprint density at radius 3 is 2.72 bits per heavy atom. The van der Waals surface area contributed by atoms with Crippen LogP contribution in [0.2, 0.25) is 5.02 Å². The lowest BCUT2D eigenvalue weighted by Crippen LogP contribution is -2.17. The number of nitrogens with two attached hydrogens (primary N) is 2. The van der Waals surface area contributed by atoms with Gasteiger partial charge in [-0.15, -0.1) is 5.10 Å². The summed E-state index contributed by atoms with van der Waals surface area (Å²) in [6.07, 6.45) is 3.64. The number of pyridine rings is 2. The lowest BCUT2D eigenvalue weighted by molar-refractivity contribution is 0.102. The van der Waals surface area contributed by atoms with E-state index in [4.69, 9.17) is 23.1 Å². The normalized spacial score (nSPS) is 10.8. The number of fused-ring (bicyclic) bond motifs is 1. The molecule has 12 heteroatoms. The maximum Gasteiger partial charge on any atom is 0.276 e. The van der Waals surface area contributed by atoms with Crippen molar-refractivity contribution in [2.24, 2.45) is 0 Å². The maximum atomic E-state index is 13.8. The highest BCUT2D eigenvalue weighted by molar-refractivity contribution is 6.31. The molecule has 0 aliphatic carbocycles. The Balaban J connectivity index is 1.71. The van der Waals surface area contributed by atoms with Gasteiger partial charge in [-0.05, 0) is 18.2 Å². The zero-order valence-corrected chi connectivity index (χ0v) is 15.4. The fourth-order valence-corrected chi connectivity index (χ4v) is 2.83. The number of nitrogens with one attached hydrogen (secondary N) is 2. The minimum atomic E-state index is -0.672. The molecule has 0 aliphatic rings. The van der Waals surface area contributed by atoms with Gasteiger partial charge in [0.2, 0.25) is 0 Å². The molecule has 4 aromatic rings. The fraction of sp³-hybridized carbons (Fsp3) is 0. The largest absolute Gasteiger partial charge is 0.384 e. The Morgan fingerprint density at radius 2 is 1.97 bits per heavy atom. The van der Waals surface area contributed by atoms with Crippen molar-refractivity contribution in [3.05, 3.63) is 59.4 Å². The zero-order valence-electron chi connectivity index (χ0n) is 14.6. The van der Waals surface area contributed by atoms with Crippen molar-refractivity contribution < 1.29 is 9.18 Å². The zero-order chi connectivity index (χ0) is 20.5. The molecule has 0 radical (unpaired) electrons. The number of hydrogen-bond acceptors (Lipinski definition) is 8. The highest BCUT2D eigenvalue weighted by Gasteiger charge is 2.18. The first-order valence-electron chi connectivity index (χ1n) is 8.16. The molecule has 0 spiro atoms. The third-order valence-corrected chi connectivity index (χ3v) is 4.03. The molecule has 1 amide bonds. The first-order valence-corrected chi connectivity index (χ1v) is 8.54. The Labute approximate surface area is 167 Å². The predicted molar refractivity (Wildman–Crippen MR) is 106 cm³/mol. The maximum absolute atomic E-state index is 13.8. The van der Waals surface area contributed by atoms with Gasteiger partial charge in [0.05, 0.1) is 23.8 Å². The molecule has 10 nitrogen and oxygen atoms in total. The Kier molecular flexibility index (Phi) is 4.56. The van der Waals surface area contributed by atoms with E-state index in [-0.39, 0.29) is 23.0 Å². The third kappa shape index (κ3) is 3.71. The number of anilines is 5. The topological polar surface area (TPSA) is 149 Å². The van der Waals surface area contributed by atoms with Crippen LogP contribution in [0.5, 0.6) is 0 Å². The average molecular weight is 414 g/mol. The van der Waals surface area contributed by atoms with Crippen molar-refractivity contribution in [2.75, 3.05) is 22.1 Å². The monoisotopic (exact) mass is 413 g/mol. The van der Waals surface area contributed by atoms with Crippen LogP contribution in [-0.2, 0) is 0 Å². The average Bonchev–Trinajstić information content (AvgIpc) is 3.07. The van der Waals surface area contributed by atoms with Gasteiger partial charge < -0.3 is 22.1 Å². The van der Waals surface area contributed by atoms with E-state index in [1.54, 1.807) is 6.07 Å². The smallest absolute Gasteiger partial charge is 0.276 e. The van der Waals surface area contributed by atoms with E-state index >= 15 is 0 Å². The van der Waals surface area contributed by atoms with Crippen molar-refractivity contribution in [1.29, 1.82) is 0 Å². The first-order chi connectivity index (χ1) is 13.9. The van der Waals surface area contributed by atoms with Crippen LogP contribution < -0.4 is 22.1 Å². The van der Waals surface area contributed by atoms with Gasteiger partial charge >= 0.3 is 0 Å². The van der Waals surface area contributed by atoms with Crippen molar-refractivity contribution in [3.8, 4) is 0 Å². The van der Waals surface area contributed by atoms with E-state index in [0.717, 1.165) is 6.20 Å². The summed E-state index contributed by atoms with van der Waals surface area (Å²) in [6.45, 7) is 0. The molecule has 6 N–H and O–H groups in total. The van der Waals surface area contributed by atoms with Gasteiger partial charge in [-0.2, -0.15) is 0 Å². The van der Waals surface area contributed by atoms with Crippen LogP contribution in [0.3, 0.4) is 0 Å². The van der Waals surface area contributed by atoms with Crippen LogP contribution in [-0.4, -0.2) is 30.5 Å². The molecule has 0 saturated carbocycles. The number of nitrogen functional groups attached to an aromatic ring is 2. The van der Waals surface area contributed by atoms with Crippen molar-refractivity contribution in [2.45, 2.75) is 0 Å². The highest BCUT2D eigenvalue weighted by atomic mass is 35.5. The summed E-state index contributed by atoms with van der Waals surface area (Å²) < 4.78 is 15.0. The number of hydrogen-bond donors (Lipinski definition) is 4. The summed E-state index contributed by atoms with van der Waals surface area (Å²) in [6, 6.07) is 5.92. The third-order valence-electron chi connectivity index (χ3n) is 3.81. The van der Waals surface area contributed by atoms with Crippen molar-refractivity contribution in [3.63, 3.8) is 0 Å². The molecular weight excluding hydrogens is 401 g/mol. The number of rotatable bonds is 4. The van der Waals surface area contributed by atoms with Gasteiger partial charge in [-0.3, -0.25) is 9.78 Å². The summed E-state index contributed by atoms with van der Waals surface area (Å²) >= 11 is 6.00. The standard InChI is InChI=1S/C17H13ClFN9O/c18-8-3-13(20)26-15(4-8)24-11-5-14(21)27-28-12(7-23-16(11)28)17(29)25-10-1-2-22-6-9(10)19/h1-7H,(H2,21,27)(H3,20,24,26)(H,22,25,29). The molecule has 4 rings (SSSR count). The highest BCUT2D eigenvalue weighted by Crippen LogP contribution is 2.25. The van der Waals surface area contributed by atoms with E-state index in [1.165, 1.54) is 35.1 Å². The second kappa shape index (κ2) is 7.20. The fourth-order valence-electron chi connectivity index (χ4n) is 2.62. The van der Waals surface area contributed by atoms with E-state index in [2.05, 4.69) is 30.7 Å². The molecule has 0 saturated heterocycles. The van der Waals surface area contributed by atoms with Crippen LogP contribution in [0.1, 0.15) is 10.5 Å². The SMILES string of the molecule is Nc1cc(Cl)cc(Nc2cc(N)nn3c(C(=O)Nc4ccncc4F)cnc23)n1. The minimum absolute atomic E-state index is 0.0270. The number of aromatic nitrogens is 5. The number of carbonyl (C=O) groups excluding carboxylic acids is 1. The molecule has 0 aliphatic heterocycles. The molecular formula is C17H13ClFN9O. The van der Waals surface area contributed by atoms with E-state index < -0.39 is 11.7 Å². The number of nitrogens with zero attached hydrogens (tertiary/aromatic N) is 5. The minimum Gasteiger partial charge on any atom is -0.384 e. The quantitative estimate of drug-likeness (QED) is 0.398. The molecule has 0 unspecified atom stereocenters. The molecule has 0 bridgehead atoms. The van der Waals surface area contributed by atoms with Gasteiger partial charge in [-0.1, -0.05) is 11.6 Å². The van der Waals surface area contributed by atoms with Gasteiger partial charge in [0.25, 0.3) is 5.91 Å². The van der Waals surface area contributed by atoms with Crippen molar-refractivity contribution in [1.82, 2.24) is 24.6 Å². The van der Waals surface area contributed by atoms with Crippen LogP contribution in [0.25, 0.3) is 5.65 Å². The van der Waals surface area contributed by atoms with E-state index in [1.807, 2.05) is 0 Å². The second-order valence-electron chi connectivity index (χ2n) is 5.89. The summed E-state index contributed by atoms with van der Waals surface area (Å²) in [4.78, 5) is 24.6. The summed E-state index contributed by atoms with van der Waals surface area (Å²) in [5.41, 5.74) is 12.3. The molecule has 29 heavy (non-hydrogen) atoms. The molecule has 0 aromatic carbocycles. The Hall–Kier alpha value is -3.99. The first kappa shape index (κ1) is 18.4. The van der Waals surface area contributed by atoms with Crippen molar-refractivity contribution >= 4 is 52.0 Å². The molecule has 4 aromatic heterocycles. The van der Waals surface area contributed by atoms with Gasteiger partial charge in [-0.25, -0.2) is 18.9 Å². The summed E-state index contributed by atoms with van der Waals surface area (Å²) in [7, 11) is 0. The van der Waals surface area contributed by atoms with Crippen LogP contribution >= 0.6 is 11.6 Å². The molecule has 4 heterocycles.